The van der Waals surface area contributed by atoms with Crippen LogP contribution in [0.5, 0.6) is 0 Å². The molecule has 3 aliphatic heterocycles. The molecule has 0 aromatic rings. The Morgan fingerprint density at radius 2 is 1.28 bits per heavy atom. The van der Waals surface area contributed by atoms with Gasteiger partial charge in [0.2, 0.25) is 0 Å². The molecule has 3 saturated heterocycles. The Kier molecular flexibility index (Phi) is 14.9. The molecule has 7 fully saturated rings. The van der Waals surface area contributed by atoms with E-state index in [1.807, 2.05) is 20.8 Å². The molecule has 0 unspecified atom stereocenters. The molecule has 7 rings (SSSR count). The lowest BCUT2D eigenvalue weighted by Gasteiger charge is -2.71. The minimum absolute atomic E-state index is 0.149. The van der Waals surface area contributed by atoms with Crippen LogP contribution in [0.15, 0.2) is 11.6 Å². The minimum atomic E-state index is -1.68. The third-order valence-corrected chi connectivity index (χ3v) is 18.4. The molecule has 17 heteroatoms. The predicted octanol–water partition coefficient (Wildman–Crippen LogP) is 0.612. The Hall–Kier alpha value is -0.940. The van der Waals surface area contributed by atoms with Crippen molar-refractivity contribution in [1.29, 1.82) is 0 Å². The van der Waals surface area contributed by atoms with Crippen LogP contribution in [-0.2, 0) is 28.4 Å². The fourth-order valence-electron chi connectivity index (χ4n) is 14.5. The molecule has 0 bridgehead atoms. The fourth-order valence-corrected chi connectivity index (χ4v) is 14.5. The van der Waals surface area contributed by atoms with Gasteiger partial charge in [-0.3, -0.25) is 0 Å². The summed E-state index contributed by atoms with van der Waals surface area (Å²) in [5, 5.41) is 118. The molecule has 7 aliphatic rings. The summed E-state index contributed by atoms with van der Waals surface area (Å²) in [6, 6.07) is 0. The molecule has 11 N–H and O–H groups in total. The Labute approximate surface area is 377 Å². The van der Waals surface area contributed by atoms with Gasteiger partial charge in [0.15, 0.2) is 18.9 Å². The van der Waals surface area contributed by atoms with E-state index < -0.39 is 116 Å². The SMILES string of the molecule is CC(C)=CCC[C@](C)(O[C@@H]1O[C@H](CO[C@@H]2OC[C@@H](O)[C@H](O)[C@H]2O)[C@@H](O)[C@H](O)[C@H]1O)[C@H]1CC[C@]2(C)[C@@H]1[C@H](O)C[C@@H]1[C@@]3(C)CC[C@H](O[C@@H]4O[C@H](CO)[C@@H](O)[C@H](O)[C@H]4O)C(C)(C)[C@H]3CC[C@]12C. The van der Waals surface area contributed by atoms with Gasteiger partial charge in [0.05, 0.1) is 37.6 Å². The van der Waals surface area contributed by atoms with Crippen LogP contribution in [0, 0.1) is 45.3 Å². The smallest absolute Gasteiger partial charge is 0.187 e. The molecule has 4 aliphatic carbocycles. The minimum Gasteiger partial charge on any atom is -0.394 e. The summed E-state index contributed by atoms with van der Waals surface area (Å²) < 4.78 is 36.5. The van der Waals surface area contributed by atoms with Gasteiger partial charge in [-0.15, -0.1) is 0 Å². The first-order chi connectivity index (χ1) is 29.9. The van der Waals surface area contributed by atoms with Crippen LogP contribution in [0.3, 0.4) is 0 Å². The van der Waals surface area contributed by atoms with Crippen LogP contribution < -0.4 is 0 Å². The number of ether oxygens (including phenoxy) is 6. The van der Waals surface area contributed by atoms with E-state index in [4.69, 9.17) is 28.4 Å². The molecule has 4 saturated carbocycles. The van der Waals surface area contributed by atoms with E-state index in [2.05, 4.69) is 40.7 Å². The third kappa shape index (κ3) is 8.60. The van der Waals surface area contributed by atoms with Gasteiger partial charge in [0.25, 0.3) is 0 Å². The molecule has 0 aromatic heterocycles. The molecular weight excluding hydrogens is 836 g/mol. The molecule has 0 amide bonds. The lowest BCUT2D eigenvalue weighted by molar-refractivity contribution is -0.346. The molecule has 370 valence electrons. The van der Waals surface area contributed by atoms with Crippen molar-refractivity contribution in [3.8, 4) is 0 Å². The van der Waals surface area contributed by atoms with Crippen LogP contribution in [0.2, 0.25) is 0 Å². The number of allylic oxidation sites excluding steroid dienone is 2. The van der Waals surface area contributed by atoms with Gasteiger partial charge in [-0.25, -0.2) is 0 Å². The molecule has 24 atom stereocenters. The van der Waals surface area contributed by atoms with Crippen molar-refractivity contribution in [3.05, 3.63) is 11.6 Å². The molecule has 0 aromatic carbocycles. The maximum absolute atomic E-state index is 12.7. The van der Waals surface area contributed by atoms with E-state index in [9.17, 15) is 56.2 Å². The van der Waals surface area contributed by atoms with Gasteiger partial charge in [0.1, 0.15) is 67.1 Å². The standard InChI is InChI=1S/C47H80O17/c1-22(2)10-9-14-47(8,64-42-39(58)36(55)34(53)27(62-42)21-60-40-37(56)32(51)25(50)20-59-40)23-11-16-46(7)31(23)24(49)18-29-44(5)15-13-30(43(3,4)28(44)12-17-45(29,46)6)63-41-38(57)35(54)33(52)26(19-48)61-41/h10,23-42,48-58H,9,11-21H2,1-8H3/t23-,24+,25+,26+,27+,28+,29+,30-,31-,32-,33+,34+,35-,36-,37+,38+,39+,40-,41-,42-,44-,45+,46+,47-/m0/s1. The van der Waals surface area contributed by atoms with Crippen molar-refractivity contribution in [2.75, 3.05) is 19.8 Å². The average Bonchev–Trinajstić information content (AvgIpc) is 3.62. The van der Waals surface area contributed by atoms with E-state index in [-0.39, 0.29) is 52.6 Å². The average molecular weight is 917 g/mol. The van der Waals surface area contributed by atoms with Gasteiger partial charge in [-0.1, -0.05) is 46.3 Å². The van der Waals surface area contributed by atoms with E-state index in [1.165, 1.54) is 0 Å². The van der Waals surface area contributed by atoms with Crippen molar-refractivity contribution in [2.24, 2.45) is 45.3 Å². The number of hydrogen-bond donors (Lipinski definition) is 11. The number of hydrogen-bond acceptors (Lipinski definition) is 17. The maximum Gasteiger partial charge on any atom is 0.187 e. The van der Waals surface area contributed by atoms with Gasteiger partial charge in [-0.05, 0) is 124 Å². The largest absolute Gasteiger partial charge is 0.394 e. The summed E-state index contributed by atoms with van der Waals surface area (Å²) in [5.41, 5.74) is -0.948. The van der Waals surface area contributed by atoms with Crippen LogP contribution in [0.4, 0.5) is 0 Å². The Morgan fingerprint density at radius 1 is 0.672 bits per heavy atom. The van der Waals surface area contributed by atoms with Crippen molar-refractivity contribution in [2.45, 2.75) is 217 Å². The Morgan fingerprint density at radius 3 is 1.94 bits per heavy atom. The summed E-state index contributed by atoms with van der Waals surface area (Å²) >= 11 is 0. The third-order valence-electron chi connectivity index (χ3n) is 18.4. The van der Waals surface area contributed by atoms with E-state index in [0.29, 0.717) is 25.7 Å². The van der Waals surface area contributed by atoms with E-state index in [1.54, 1.807) is 0 Å². The summed E-state index contributed by atoms with van der Waals surface area (Å²) in [6.45, 7) is 16.3. The van der Waals surface area contributed by atoms with Gasteiger partial charge in [-0.2, -0.15) is 0 Å². The molecule has 0 spiro atoms. The second-order valence-corrected chi connectivity index (χ2v) is 22.5. The van der Waals surface area contributed by atoms with Crippen molar-refractivity contribution >= 4 is 0 Å². The number of rotatable bonds is 12. The lowest BCUT2D eigenvalue weighted by atomic mass is 9.35. The van der Waals surface area contributed by atoms with Gasteiger partial charge in [0, 0.05) is 0 Å². The molecular formula is C47H80O17. The Bertz CT molecular complexity index is 1630. The maximum atomic E-state index is 12.7. The highest BCUT2D eigenvalue weighted by atomic mass is 16.7. The summed E-state index contributed by atoms with van der Waals surface area (Å²) in [4.78, 5) is 0. The van der Waals surface area contributed by atoms with Crippen LogP contribution in [0.1, 0.15) is 113 Å². The highest BCUT2D eigenvalue weighted by Crippen LogP contribution is 2.76. The first kappa shape index (κ1) is 50.9. The lowest BCUT2D eigenvalue weighted by Crippen LogP contribution is -2.67. The second-order valence-electron chi connectivity index (χ2n) is 22.5. The number of aliphatic hydroxyl groups excluding tert-OH is 11. The summed E-state index contributed by atoms with van der Waals surface area (Å²) in [6.07, 6.45) is -12.4. The summed E-state index contributed by atoms with van der Waals surface area (Å²) in [5.74, 6) is -0.0478. The van der Waals surface area contributed by atoms with Gasteiger partial charge < -0.3 is 84.6 Å². The fraction of sp³-hybridized carbons (Fsp3) is 0.957. The zero-order valence-corrected chi connectivity index (χ0v) is 39.0. The number of fused-ring (bicyclic) bond motifs is 5. The Balaban J connectivity index is 1.11. The first-order valence-corrected chi connectivity index (χ1v) is 23.8. The van der Waals surface area contributed by atoms with Crippen molar-refractivity contribution in [3.63, 3.8) is 0 Å². The quantitative estimate of drug-likeness (QED) is 0.0946. The second kappa shape index (κ2) is 18.8. The molecule has 3 heterocycles. The topological polar surface area (TPSA) is 278 Å². The molecule has 0 radical (unpaired) electrons. The predicted molar refractivity (Wildman–Crippen MR) is 228 cm³/mol. The van der Waals surface area contributed by atoms with Crippen molar-refractivity contribution in [1.82, 2.24) is 0 Å². The highest BCUT2D eigenvalue weighted by molar-refractivity contribution is 5.20. The van der Waals surface area contributed by atoms with Crippen LogP contribution in [-0.4, -0.2) is 180 Å². The zero-order valence-electron chi connectivity index (χ0n) is 39.0. The van der Waals surface area contributed by atoms with Crippen LogP contribution in [0.25, 0.3) is 0 Å². The zero-order chi connectivity index (χ0) is 47.1. The van der Waals surface area contributed by atoms with Crippen LogP contribution >= 0.6 is 0 Å². The van der Waals surface area contributed by atoms with E-state index >= 15 is 0 Å². The molecule has 64 heavy (non-hydrogen) atoms. The van der Waals surface area contributed by atoms with Crippen molar-refractivity contribution < 1.29 is 84.6 Å². The van der Waals surface area contributed by atoms with Gasteiger partial charge >= 0.3 is 0 Å². The highest BCUT2D eigenvalue weighted by Gasteiger charge is 2.72. The first-order valence-electron chi connectivity index (χ1n) is 23.8. The normalized spacial score (nSPS) is 52.5. The number of aliphatic hydroxyl groups is 11. The monoisotopic (exact) mass is 917 g/mol. The summed E-state index contributed by atoms with van der Waals surface area (Å²) in [7, 11) is 0. The molecule has 17 nitrogen and oxygen atoms in total. The van der Waals surface area contributed by atoms with E-state index in [0.717, 1.165) is 37.7 Å².